The predicted octanol–water partition coefficient (Wildman–Crippen LogP) is 9.39. The van der Waals surface area contributed by atoms with Crippen molar-refractivity contribution in [3.05, 3.63) is 11.6 Å². The molecule has 0 radical (unpaired) electrons. The zero-order valence-corrected chi connectivity index (χ0v) is 71.9. The summed E-state index contributed by atoms with van der Waals surface area (Å²) < 4.78 is 64.9. The van der Waals surface area contributed by atoms with Gasteiger partial charge in [0.25, 0.3) is 0 Å². The summed E-state index contributed by atoms with van der Waals surface area (Å²) in [5.41, 5.74) is 2.07. The number of β-amino-alcohol motifs (C(OH)–C–C–N with tert-alkyl or cyclic N) is 1. The highest BCUT2D eigenvalue weighted by atomic mass is 32.5. The van der Waals surface area contributed by atoms with E-state index in [1.807, 2.05) is 0 Å². The summed E-state index contributed by atoms with van der Waals surface area (Å²) >= 11 is 5.19. The number of likely N-dealkylation sites (tertiary alicyclic amines) is 2. The van der Waals surface area contributed by atoms with Crippen LogP contribution in [0.25, 0.3) is 0 Å². The highest BCUT2D eigenvalue weighted by Crippen LogP contribution is 2.67. The van der Waals surface area contributed by atoms with Crippen molar-refractivity contribution in [2.45, 2.75) is 340 Å². The summed E-state index contributed by atoms with van der Waals surface area (Å²) in [6, 6.07) is -1.38. The van der Waals surface area contributed by atoms with Crippen LogP contribution in [0.1, 0.15) is 254 Å². The van der Waals surface area contributed by atoms with Gasteiger partial charge in [-0.3, -0.25) is 24.0 Å². The molecule has 7 fully saturated rings. The van der Waals surface area contributed by atoms with Crippen LogP contribution in [-0.2, 0) is 82.3 Å². The lowest BCUT2D eigenvalue weighted by Gasteiger charge is -2.58. The Kier molecular flexibility index (Phi) is 39.8. The molecule has 654 valence electrons. The number of carbonyl (C=O) groups excluding carboxylic acids is 6. The first kappa shape index (κ1) is 96.1. The van der Waals surface area contributed by atoms with Crippen molar-refractivity contribution in [2.24, 2.45) is 58.2 Å². The lowest BCUT2D eigenvalue weighted by atomic mass is 9.47. The maximum atomic E-state index is 13.8. The monoisotopic (exact) mass is 1670 g/mol. The first-order valence-electron chi connectivity index (χ1n) is 43.1. The molecule has 0 aromatic rings. The molecule has 4 aliphatic carbocycles. The minimum absolute atomic E-state index is 0.0157. The van der Waals surface area contributed by atoms with Gasteiger partial charge in [-0.05, 0) is 180 Å². The Morgan fingerprint density at radius 3 is 1.90 bits per heavy atom. The average Bonchev–Trinajstić information content (AvgIpc) is 1.47. The van der Waals surface area contributed by atoms with Crippen molar-refractivity contribution >= 4 is 62.1 Å². The van der Waals surface area contributed by atoms with Gasteiger partial charge >= 0.3 is 14.3 Å². The van der Waals surface area contributed by atoms with E-state index in [1.165, 1.54) is 67.4 Å². The van der Waals surface area contributed by atoms with Crippen LogP contribution in [0.3, 0.4) is 0 Å². The maximum absolute atomic E-state index is 13.8. The predicted molar refractivity (Wildman–Crippen MR) is 429 cm³/mol. The number of unbranched alkanes of at least 4 members (excludes halogenated alkanes) is 8. The molecule has 3 saturated carbocycles. The van der Waals surface area contributed by atoms with E-state index in [2.05, 4.69) is 56.6 Å². The van der Waals surface area contributed by atoms with Crippen molar-refractivity contribution < 1.29 is 116 Å². The van der Waals surface area contributed by atoms with Crippen LogP contribution >= 0.6 is 14.7 Å². The molecule has 0 aromatic carbocycles. The Morgan fingerprint density at radius 2 is 1.26 bits per heavy atom. The minimum atomic E-state index is -3.32. The SMILES string of the molecule is COP(O)(=S)CO[C@@H]1C[C@@H](O[P+](=O)OCC2C[C@@H](O)CN2C(=O)CCCCCCC(=O)[C@H](CCCCNC(=O)CCCCOC2OC(CO)C(O)C(O)C2C)NC(=O)CCCCOC2OC(CO)C(O)C(O)C2C)CN1C(=O)CCCCCNC(=O)O[C@H]1CC[C@@]2(C)C(=CCC3C2CC[C@@]2(C)C3CC[C@@H]2[C@H](C)CCCC(C)C)C1. The normalized spacial score (nSPS) is 33.3. The Balaban J connectivity index is 0.708. The van der Waals surface area contributed by atoms with Crippen LogP contribution in [0.15, 0.2) is 11.6 Å². The number of Topliss-reactive ketones (excluding diaryl/α,β-unsaturated/α-hetero) is 1. The number of nitrogens with zero attached hydrogens (tertiary/aromatic N) is 2. The fourth-order valence-corrected chi connectivity index (χ4v) is 21.0. The van der Waals surface area contributed by atoms with E-state index in [0.717, 1.165) is 55.3 Å². The molecule has 8 aliphatic rings. The second-order valence-electron chi connectivity index (χ2n) is 35.1. The van der Waals surface area contributed by atoms with Crippen LogP contribution in [-0.4, -0.2) is 244 Å². The Labute approximate surface area is 682 Å². The number of carbonyl (C=O) groups is 6. The Bertz CT molecular complexity index is 3110. The van der Waals surface area contributed by atoms with Crippen molar-refractivity contribution in [1.82, 2.24) is 25.8 Å². The molecular formula is C82H142N5O24P2S+. The van der Waals surface area contributed by atoms with Gasteiger partial charge in [-0.1, -0.05) is 98.6 Å². The minimum Gasteiger partial charge on any atom is -0.446 e. The molecule has 114 heavy (non-hydrogen) atoms. The zero-order chi connectivity index (χ0) is 82.9. The standard InChI is InChI=1S/C82H141N5O24P2S/c1-52(2)23-22-24-53(3)62-33-34-63-61-32-31-56-43-59(35-37-81(56,6)64(61)36-38-82(62,63)7)108-80(100)84-40-18-11-14-30-72(95)87-47-60(45-73(87)106-51-113(102,114)103-8)111-112(101)107-50-57-44-58(90)46-86(57)71(94)29-13-10-9-12-26-66(91)65(85-70(93)28-17-21-42-105-79-55(5)75(97)77(99)68(49-89)110-79)25-15-19-39-83-69(92)27-16-20-41-104-78-54(4)74(96)76(98)67(48-88)109-78/h31,52-55,57-65,67-68,73-79,88-90,96-99H,9-30,32-51H2,1-8H3,(H3-,83,84,85,92,93,100,102,114)/p+1/t53-,54?,55?,57?,58-,59+,60-,61?,62-,63?,64?,65+,67?,68?,73-,74?,75?,76?,77?,78?,79?,81+,82-,113?/m1/s1. The lowest BCUT2D eigenvalue weighted by Crippen LogP contribution is -2.55. The van der Waals surface area contributed by atoms with Gasteiger partial charge in [0, 0.05) is 101 Å². The molecule has 11 N–H and O–H groups in total. The number of ether oxygens (including phenoxy) is 6. The number of alkyl carbamates (subject to hydrolysis) is 1. The number of rotatable bonds is 49. The van der Waals surface area contributed by atoms with Crippen molar-refractivity contribution in [3.63, 3.8) is 0 Å². The summed E-state index contributed by atoms with van der Waals surface area (Å²) in [6.07, 6.45) is 12.3. The molecule has 0 bridgehead atoms. The van der Waals surface area contributed by atoms with E-state index >= 15 is 0 Å². The number of hydrogen-bond acceptors (Lipinski definition) is 24. The van der Waals surface area contributed by atoms with E-state index in [9.17, 15) is 74.0 Å². The smallest absolute Gasteiger partial charge is 0.446 e. The second kappa shape index (κ2) is 47.2. The molecule has 8 rings (SSSR count). The summed E-state index contributed by atoms with van der Waals surface area (Å²) in [5, 5.41) is 79.6. The second-order valence-corrected chi connectivity index (χ2v) is 39.6. The number of aliphatic hydroxyl groups is 7. The molecule has 4 aliphatic heterocycles. The highest BCUT2D eigenvalue weighted by Gasteiger charge is 2.60. The topological polar surface area (TPSA) is 407 Å². The van der Waals surface area contributed by atoms with E-state index in [1.54, 1.807) is 13.8 Å². The van der Waals surface area contributed by atoms with Gasteiger partial charge in [-0.25, -0.2) is 4.79 Å². The fraction of sp³-hybridized carbons (Fsp3) is 0.902. The summed E-state index contributed by atoms with van der Waals surface area (Å²) in [6.45, 7) is 12.4. The maximum Gasteiger partial charge on any atom is 0.697 e. The quantitative estimate of drug-likeness (QED) is 0.0153. The highest BCUT2D eigenvalue weighted by molar-refractivity contribution is 8.09. The zero-order valence-electron chi connectivity index (χ0n) is 69.3. The van der Waals surface area contributed by atoms with Gasteiger partial charge < -0.3 is 99.3 Å². The van der Waals surface area contributed by atoms with Crippen LogP contribution in [0.5, 0.6) is 0 Å². The average molecular weight is 1680 g/mol. The molecule has 25 atom stereocenters. The van der Waals surface area contributed by atoms with Crippen LogP contribution in [0.2, 0.25) is 0 Å². The van der Waals surface area contributed by atoms with Gasteiger partial charge in [0.15, 0.2) is 18.4 Å². The van der Waals surface area contributed by atoms with Gasteiger partial charge in [0.1, 0.15) is 55.8 Å². The first-order chi connectivity index (χ1) is 54.4. The number of nitrogens with one attached hydrogen (secondary N) is 3. The fourth-order valence-electron chi connectivity index (χ4n) is 19.6. The Hall–Kier alpha value is -3.33. The molecule has 4 heterocycles. The summed E-state index contributed by atoms with van der Waals surface area (Å²) in [4.78, 5) is 94.1. The largest absolute Gasteiger partial charge is 0.697 e. The van der Waals surface area contributed by atoms with E-state index < -0.39 is 126 Å². The van der Waals surface area contributed by atoms with Crippen LogP contribution < -0.4 is 16.0 Å². The third kappa shape index (κ3) is 27.9. The number of hydrogen-bond donors (Lipinski definition) is 11. The van der Waals surface area contributed by atoms with Gasteiger partial charge in [-0.2, -0.15) is 0 Å². The van der Waals surface area contributed by atoms with Crippen molar-refractivity contribution in [1.29, 1.82) is 0 Å². The van der Waals surface area contributed by atoms with Crippen LogP contribution in [0.4, 0.5) is 4.79 Å². The molecule has 32 heteroatoms. The molecule has 16 unspecified atom stereocenters. The van der Waals surface area contributed by atoms with Crippen LogP contribution in [0, 0.1) is 58.2 Å². The Morgan fingerprint density at radius 1 is 0.658 bits per heavy atom. The number of aliphatic hydroxyl groups excluding tert-OH is 7. The summed E-state index contributed by atoms with van der Waals surface area (Å²) in [7, 11) is -1.49. The number of ketones is 1. The number of allylic oxidation sites excluding steroid dienone is 1. The van der Waals surface area contributed by atoms with E-state index in [4.69, 9.17) is 53.8 Å². The summed E-state index contributed by atoms with van der Waals surface area (Å²) in [5.74, 6) is 2.37. The number of amides is 5. The van der Waals surface area contributed by atoms with Crippen molar-refractivity contribution in [3.8, 4) is 0 Å². The van der Waals surface area contributed by atoms with Gasteiger partial charge in [0.2, 0.25) is 30.1 Å². The molecule has 4 saturated heterocycles. The lowest BCUT2D eigenvalue weighted by molar-refractivity contribution is -0.282. The van der Waals surface area contributed by atoms with Gasteiger partial charge in [0.05, 0.1) is 50.2 Å². The molecule has 5 amide bonds. The molecular weight excluding hydrogens is 1530 g/mol. The third-order valence-corrected chi connectivity index (χ3v) is 29.1. The molecule has 29 nitrogen and oxygen atoms in total. The number of fused-ring (bicyclic) bond motifs is 5. The van der Waals surface area contributed by atoms with E-state index in [0.29, 0.717) is 114 Å². The van der Waals surface area contributed by atoms with Gasteiger partial charge in [-0.15, -0.1) is 9.05 Å². The molecule has 0 aromatic heterocycles. The van der Waals surface area contributed by atoms with Crippen molar-refractivity contribution in [2.75, 3.05) is 72.7 Å². The van der Waals surface area contributed by atoms with E-state index in [-0.39, 0.29) is 125 Å². The first-order valence-corrected chi connectivity index (χ1v) is 47.1. The third-order valence-electron chi connectivity index (χ3n) is 26.5. The molecule has 0 spiro atoms.